The van der Waals surface area contributed by atoms with Crippen molar-refractivity contribution in [3.05, 3.63) is 67.6 Å². The summed E-state index contributed by atoms with van der Waals surface area (Å²) in [6, 6.07) is 13.5. The Bertz CT molecular complexity index is 974. The van der Waals surface area contributed by atoms with Crippen LogP contribution in [-0.4, -0.2) is 12.6 Å². The summed E-state index contributed by atoms with van der Waals surface area (Å²) >= 11 is 7.10. The number of halogens is 2. The molecule has 0 unspecified atom stereocenters. The molecule has 0 saturated heterocycles. The van der Waals surface area contributed by atoms with Gasteiger partial charge in [-0.05, 0) is 134 Å². The largest absolute Gasteiger partial charge is 0.303 e. The molecule has 0 bridgehead atoms. The van der Waals surface area contributed by atoms with Crippen molar-refractivity contribution < 1.29 is 9.59 Å². The highest BCUT2D eigenvalue weighted by Crippen LogP contribution is 2.51. The third kappa shape index (κ3) is 4.62. The molecule has 4 aliphatic carbocycles. The highest BCUT2D eigenvalue weighted by atomic mass is 79.9. The van der Waals surface area contributed by atoms with Gasteiger partial charge in [0.1, 0.15) is 12.6 Å². The molecule has 2 spiro atoms. The van der Waals surface area contributed by atoms with Crippen molar-refractivity contribution in [1.29, 1.82) is 0 Å². The zero-order valence-electron chi connectivity index (χ0n) is 19.8. The zero-order valence-corrected chi connectivity index (χ0v) is 23.0. The van der Waals surface area contributed by atoms with Crippen LogP contribution in [0.2, 0.25) is 0 Å². The number of hydrogen-bond donors (Lipinski definition) is 0. The molecule has 0 atom stereocenters. The molecule has 2 aromatic carbocycles. The lowest BCUT2D eigenvalue weighted by Gasteiger charge is -2.36. The number of hydrogen-bond acceptors (Lipinski definition) is 2. The topological polar surface area (TPSA) is 34.1 Å². The van der Waals surface area contributed by atoms with Crippen molar-refractivity contribution in [2.45, 2.75) is 87.9 Å². The van der Waals surface area contributed by atoms with Crippen molar-refractivity contribution in [3.8, 4) is 0 Å². The molecule has 4 aliphatic rings. The van der Waals surface area contributed by atoms with Crippen molar-refractivity contribution in [2.75, 3.05) is 0 Å². The zero-order chi connectivity index (χ0) is 23.8. The molecule has 0 radical (unpaired) electrons. The minimum absolute atomic E-state index is 0.320. The highest BCUT2D eigenvalue weighted by molar-refractivity contribution is 9.10. The minimum atomic E-state index is 0.320. The van der Waals surface area contributed by atoms with Crippen LogP contribution in [-0.2, 0) is 33.3 Å². The van der Waals surface area contributed by atoms with Gasteiger partial charge in [-0.1, -0.05) is 44.0 Å². The lowest BCUT2D eigenvalue weighted by atomic mass is 9.67. The first-order valence-corrected chi connectivity index (χ1v) is 14.5. The molecule has 0 heterocycles. The molecule has 0 aliphatic heterocycles. The molecule has 0 N–H and O–H groups in total. The van der Waals surface area contributed by atoms with Gasteiger partial charge in [-0.15, -0.1) is 0 Å². The van der Waals surface area contributed by atoms with E-state index in [1.54, 1.807) is 11.1 Å². The molecule has 2 fully saturated rings. The van der Waals surface area contributed by atoms with Gasteiger partial charge in [-0.25, -0.2) is 0 Å². The minimum Gasteiger partial charge on any atom is -0.303 e. The summed E-state index contributed by atoms with van der Waals surface area (Å²) in [7, 11) is 0. The number of benzene rings is 2. The van der Waals surface area contributed by atoms with E-state index in [0.29, 0.717) is 22.7 Å². The molecule has 2 nitrogen and oxygen atoms in total. The molecule has 34 heavy (non-hydrogen) atoms. The lowest BCUT2D eigenvalue weighted by molar-refractivity contribution is -0.113. The van der Waals surface area contributed by atoms with E-state index in [9.17, 15) is 9.59 Å². The molecule has 2 saturated carbocycles. The van der Waals surface area contributed by atoms with E-state index in [4.69, 9.17) is 0 Å². The normalized spacial score (nSPS) is 31.5. The number of carbonyl (C=O) groups excluding carboxylic acids is 2. The van der Waals surface area contributed by atoms with E-state index in [2.05, 4.69) is 68.3 Å². The van der Waals surface area contributed by atoms with Crippen LogP contribution < -0.4 is 0 Å². The quantitative estimate of drug-likeness (QED) is 0.334. The third-order valence-electron chi connectivity index (χ3n) is 9.38. The van der Waals surface area contributed by atoms with Crippen LogP contribution in [0.1, 0.15) is 86.5 Å². The fourth-order valence-electron chi connectivity index (χ4n) is 7.29. The number of aryl methyl sites for hydroxylation is 2. The van der Waals surface area contributed by atoms with E-state index < -0.39 is 0 Å². The van der Waals surface area contributed by atoms with Crippen LogP contribution in [0.3, 0.4) is 0 Å². The van der Waals surface area contributed by atoms with Gasteiger partial charge in [0.15, 0.2) is 0 Å². The second kappa shape index (κ2) is 10.0. The summed E-state index contributed by atoms with van der Waals surface area (Å²) in [6.07, 6.45) is 16.4. The Morgan fingerprint density at radius 1 is 0.618 bits per heavy atom. The van der Waals surface area contributed by atoms with Gasteiger partial charge in [0.05, 0.1) is 0 Å². The maximum absolute atomic E-state index is 10.8. The van der Waals surface area contributed by atoms with Crippen LogP contribution in [0.4, 0.5) is 0 Å². The Hall–Kier alpha value is -1.26. The Kier molecular flexibility index (Phi) is 7.19. The SMILES string of the molecule is O=CC1CCC2(CCc3cc(Br)ccc32)CC1.O=CC1CCC2(CCc3cc(Br)ccc32)CC1. The number of carbonyl (C=O) groups is 2. The van der Waals surface area contributed by atoms with Gasteiger partial charge in [-0.2, -0.15) is 0 Å². The van der Waals surface area contributed by atoms with Crippen molar-refractivity contribution in [3.63, 3.8) is 0 Å². The highest BCUT2D eigenvalue weighted by Gasteiger charge is 2.42. The van der Waals surface area contributed by atoms with Gasteiger partial charge in [0.2, 0.25) is 0 Å². The van der Waals surface area contributed by atoms with Gasteiger partial charge in [-0.3, -0.25) is 0 Å². The summed E-state index contributed by atoms with van der Waals surface area (Å²) in [5, 5.41) is 0. The lowest BCUT2D eigenvalue weighted by Crippen LogP contribution is -2.29. The fraction of sp³-hybridized carbons (Fsp3) is 0.533. The van der Waals surface area contributed by atoms with E-state index >= 15 is 0 Å². The summed E-state index contributed by atoms with van der Waals surface area (Å²) in [6.45, 7) is 0. The number of aldehydes is 2. The number of fused-ring (bicyclic) bond motifs is 4. The summed E-state index contributed by atoms with van der Waals surface area (Å²) < 4.78 is 2.38. The van der Waals surface area contributed by atoms with Gasteiger partial charge in [0.25, 0.3) is 0 Å². The van der Waals surface area contributed by atoms with Crippen molar-refractivity contribution >= 4 is 44.4 Å². The summed E-state index contributed by atoms with van der Waals surface area (Å²) in [5.41, 5.74) is 6.95. The second-order valence-corrected chi connectivity index (χ2v) is 12.9. The smallest absolute Gasteiger partial charge is 0.123 e. The van der Waals surface area contributed by atoms with Crippen LogP contribution >= 0.6 is 31.9 Å². The van der Waals surface area contributed by atoms with Crippen molar-refractivity contribution in [2.24, 2.45) is 11.8 Å². The van der Waals surface area contributed by atoms with Crippen LogP contribution in [0.15, 0.2) is 45.3 Å². The van der Waals surface area contributed by atoms with E-state index in [0.717, 1.165) is 38.3 Å². The van der Waals surface area contributed by atoms with Crippen LogP contribution in [0, 0.1) is 11.8 Å². The van der Waals surface area contributed by atoms with Gasteiger partial charge in [0, 0.05) is 20.8 Å². The van der Waals surface area contributed by atoms with E-state index in [1.807, 2.05) is 0 Å². The predicted octanol–water partition coefficient (Wildman–Crippen LogP) is 8.04. The Morgan fingerprint density at radius 3 is 1.35 bits per heavy atom. The maximum Gasteiger partial charge on any atom is 0.123 e. The molecule has 6 rings (SSSR count). The summed E-state index contributed by atoms with van der Waals surface area (Å²) in [4.78, 5) is 21.7. The molecular formula is C30H34Br2O2. The average molecular weight is 586 g/mol. The Morgan fingerprint density at radius 2 is 1.00 bits per heavy atom. The van der Waals surface area contributed by atoms with Crippen molar-refractivity contribution in [1.82, 2.24) is 0 Å². The fourth-order valence-corrected chi connectivity index (χ4v) is 8.10. The molecule has 4 heteroatoms. The van der Waals surface area contributed by atoms with Gasteiger partial charge < -0.3 is 9.59 Å². The van der Waals surface area contributed by atoms with Crippen LogP contribution in [0.5, 0.6) is 0 Å². The summed E-state index contributed by atoms with van der Waals surface area (Å²) in [5.74, 6) is 0.639. The van der Waals surface area contributed by atoms with Gasteiger partial charge >= 0.3 is 0 Å². The first-order chi connectivity index (χ1) is 16.5. The monoisotopic (exact) mass is 584 g/mol. The van der Waals surface area contributed by atoms with Crippen LogP contribution in [0.25, 0.3) is 0 Å². The van der Waals surface area contributed by atoms with E-state index in [-0.39, 0.29) is 0 Å². The first kappa shape index (κ1) is 24.4. The Balaban J connectivity index is 0.000000142. The molecule has 2 aromatic rings. The maximum atomic E-state index is 10.8. The predicted molar refractivity (Wildman–Crippen MR) is 144 cm³/mol. The second-order valence-electron chi connectivity index (χ2n) is 11.1. The third-order valence-corrected chi connectivity index (χ3v) is 10.4. The Labute approximate surface area is 220 Å². The average Bonchev–Trinajstić information content (AvgIpc) is 3.38. The molecule has 0 aromatic heterocycles. The molecule has 0 amide bonds. The molecule has 180 valence electrons. The number of rotatable bonds is 2. The van der Waals surface area contributed by atoms with E-state index in [1.165, 1.54) is 71.4 Å². The first-order valence-electron chi connectivity index (χ1n) is 13.0. The standard InChI is InChI=1S/2C15H17BrO/c2*16-13-1-2-14-12(9-13)5-8-15(14)6-3-11(10-17)4-7-15/h2*1-2,9-11H,3-8H2. The molecular weight excluding hydrogens is 552 g/mol.